The SMILES string of the molecule is COc1cc(/C=C(/C#N)c2ccc3ccccc3c2)c(Br)cc1OCC(=O)Nc1ccc(C)cc1. The van der Waals surface area contributed by atoms with Crippen molar-refractivity contribution in [1.29, 1.82) is 5.26 Å². The van der Waals surface area contributed by atoms with E-state index in [1.54, 1.807) is 18.2 Å². The van der Waals surface area contributed by atoms with Crippen LogP contribution >= 0.6 is 15.9 Å². The summed E-state index contributed by atoms with van der Waals surface area (Å²) in [5.41, 5.74) is 3.91. The number of anilines is 1. The van der Waals surface area contributed by atoms with Crippen molar-refractivity contribution in [3.63, 3.8) is 0 Å². The van der Waals surface area contributed by atoms with E-state index in [2.05, 4.69) is 27.3 Å². The van der Waals surface area contributed by atoms with Crippen LogP contribution in [0.4, 0.5) is 5.69 Å². The highest BCUT2D eigenvalue weighted by atomic mass is 79.9. The maximum atomic E-state index is 12.3. The Balaban J connectivity index is 1.54. The molecule has 1 amide bonds. The topological polar surface area (TPSA) is 71.3 Å². The highest BCUT2D eigenvalue weighted by Gasteiger charge is 2.13. The molecule has 6 heteroatoms. The van der Waals surface area contributed by atoms with Gasteiger partial charge >= 0.3 is 0 Å². The molecule has 174 valence electrons. The van der Waals surface area contributed by atoms with Gasteiger partial charge in [-0.1, -0.05) is 70.0 Å². The van der Waals surface area contributed by atoms with E-state index < -0.39 is 0 Å². The van der Waals surface area contributed by atoms with Gasteiger partial charge in [0.15, 0.2) is 18.1 Å². The first-order valence-corrected chi connectivity index (χ1v) is 11.7. The largest absolute Gasteiger partial charge is 0.493 e. The average molecular weight is 527 g/mol. The molecule has 5 nitrogen and oxygen atoms in total. The highest BCUT2D eigenvalue weighted by molar-refractivity contribution is 9.10. The van der Waals surface area contributed by atoms with E-state index in [0.717, 1.165) is 27.5 Å². The minimum atomic E-state index is -0.279. The summed E-state index contributed by atoms with van der Waals surface area (Å²) in [7, 11) is 1.53. The Hall–Kier alpha value is -4.08. The molecule has 0 spiro atoms. The van der Waals surface area contributed by atoms with Crippen LogP contribution in [0.5, 0.6) is 11.5 Å². The van der Waals surface area contributed by atoms with Crippen molar-refractivity contribution in [1.82, 2.24) is 0 Å². The van der Waals surface area contributed by atoms with E-state index in [1.807, 2.05) is 73.7 Å². The van der Waals surface area contributed by atoms with Crippen LogP contribution in [0.1, 0.15) is 16.7 Å². The van der Waals surface area contributed by atoms with Gasteiger partial charge in [-0.2, -0.15) is 5.26 Å². The summed E-state index contributed by atoms with van der Waals surface area (Å²) >= 11 is 3.56. The van der Waals surface area contributed by atoms with Gasteiger partial charge in [0.2, 0.25) is 0 Å². The number of fused-ring (bicyclic) bond motifs is 1. The number of carbonyl (C=O) groups is 1. The van der Waals surface area contributed by atoms with Crippen LogP contribution in [-0.4, -0.2) is 19.6 Å². The molecule has 4 aromatic rings. The lowest BCUT2D eigenvalue weighted by molar-refractivity contribution is -0.118. The predicted molar refractivity (Wildman–Crippen MR) is 143 cm³/mol. The number of hydrogen-bond donors (Lipinski definition) is 1. The third-order valence-corrected chi connectivity index (χ3v) is 6.14. The molecule has 0 unspecified atom stereocenters. The molecular formula is C29H23BrN2O3. The van der Waals surface area contributed by atoms with Gasteiger partial charge in [0, 0.05) is 10.2 Å². The number of hydrogen-bond acceptors (Lipinski definition) is 4. The predicted octanol–water partition coefficient (Wildman–Crippen LogP) is 7.00. The van der Waals surface area contributed by atoms with Crippen LogP contribution in [-0.2, 0) is 4.79 Å². The van der Waals surface area contributed by atoms with Crippen molar-refractivity contribution < 1.29 is 14.3 Å². The molecule has 0 bridgehead atoms. The Morgan fingerprint density at radius 2 is 1.74 bits per heavy atom. The Bertz CT molecular complexity index is 1450. The number of aryl methyl sites for hydroxylation is 1. The molecular weight excluding hydrogens is 504 g/mol. The van der Waals surface area contributed by atoms with E-state index in [9.17, 15) is 10.1 Å². The third-order valence-electron chi connectivity index (χ3n) is 5.46. The summed E-state index contributed by atoms with van der Waals surface area (Å²) in [4.78, 5) is 12.3. The molecule has 0 fully saturated rings. The first-order chi connectivity index (χ1) is 17.0. The number of allylic oxidation sites excluding steroid dienone is 1. The van der Waals surface area contributed by atoms with E-state index >= 15 is 0 Å². The summed E-state index contributed by atoms with van der Waals surface area (Å²) in [5, 5.41) is 14.8. The number of halogens is 1. The molecule has 35 heavy (non-hydrogen) atoms. The monoisotopic (exact) mass is 526 g/mol. The number of nitrogens with one attached hydrogen (secondary N) is 1. The van der Waals surface area contributed by atoms with Gasteiger partial charge in [-0.05, 0) is 65.2 Å². The lowest BCUT2D eigenvalue weighted by atomic mass is 10.00. The van der Waals surface area contributed by atoms with Gasteiger partial charge < -0.3 is 14.8 Å². The third kappa shape index (κ3) is 5.89. The number of carbonyl (C=O) groups excluding carboxylic acids is 1. The minimum absolute atomic E-state index is 0.174. The van der Waals surface area contributed by atoms with Crippen molar-refractivity contribution in [2.45, 2.75) is 6.92 Å². The molecule has 0 aliphatic rings. The molecule has 0 saturated carbocycles. The first kappa shape index (κ1) is 24.1. The fraction of sp³-hybridized carbons (Fsp3) is 0.103. The van der Waals surface area contributed by atoms with Crippen molar-refractivity contribution in [2.24, 2.45) is 0 Å². The fourth-order valence-corrected chi connectivity index (χ4v) is 4.04. The van der Waals surface area contributed by atoms with E-state index in [-0.39, 0.29) is 12.5 Å². The molecule has 0 atom stereocenters. The highest BCUT2D eigenvalue weighted by Crippen LogP contribution is 2.35. The van der Waals surface area contributed by atoms with E-state index in [4.69, 9.17) is 9.47 Å². The van der Waals surface area contributed by atoms with Gasteiger partial charge in [0.1, 0.15) is 0 Å². The van der Waals surface area contributed by atoms with E-state index in [1.165, 1.54) is 7.11 Å². The van der Waals surface area contributed by atoms with Crippen LogP contribution in [0.15, 0.2) is 83.3 Å². The standard InChI is InChI=1S/C29H23BrN2O3/c1-19-7-11-25(12-8-19)32-29(33)18-35-28-16-26(30)23(15-27(28)34-2)14-24(17-31)22-10-9-20-5-3-4-6-21(20)13-22/h3-16H,18H2,1-2H3,(H,32,33)/b24-14-. The summed E-state index contributed by atoms with van der Waals surface area (Å²) in [6.07, 6.45) is 1.80. The van der Waals surface area contributed by atoms with Crippen molar-refractivity contribution >= 4 is 49.9 Å². The number of rotatable bonds is 7. The Labute approximate surface area is 212 Å². The molecule has 0 saturated heterocycles. The number of ether oxygens (including phenoxy) is 2. The maximum Gasteiger partial charge on any atom is 0.262 e. The molecule has 0 aliphatic heterocycles. The molecule has 0 heterocycles. The minimum Gasteiger partial charge on any atom is -0.493 e. The molecule has 0 radical (unpaired) electrons. The van der Waals surface area contributed by atoms with Crippen molar-refractivity contribution in [2.75, 3.05) is 19.0 Å². The zero-order valence-electron chi connectivity index (χ0n) is 19.3. The lowest BCUT2D eigenvalue weighted by Crippen LogP contribution is -2.20. The number of nitrogens with zero attached hydrogens (tertiary/aromatic N) is 1. The van der Waals surface area contributed by atoms with Crippen LogP contribution < -0.4 is 14.8 Å². The first-order valence-electron chi connectivity index (χ1n) is 10.9. The molecule has 0 aromatic heterocycles. The van der Waals surface area contributed by atoms with Crippen molar-refractivity contribution in [3.8, 4) is 17.6 Å². The van der Waals surface area contributed by atoms with E-state index in [0.29, 0.717) is 27.2 Å². The second kappa shape index (κ2) is 10.9. The molecule has 4 rings (SSSR count). The number of benzene rings is 4. The Kier molecular flexibility index (Phi) is 7.49. The molecule has 4 aromatic carbocycles. The lowest BCUT2D eigenvalue weighted by Gasteiger charge is -2.13. The normalized spacial score (nSPS) is 11.1. The summed E-state index contributed by atoms with van der Waals surface area (Å²) in [6.45, 7) is 1.81. The molecule has 0 aliphatic carbocycles. The van der Waals surface area contributed by atoms with Crippen LogP contribution in [0.3, 0.4) is 0 Å². The van der Waals surface area contributed by atoms with Crippen LogP contribution in [0, 0.1) is 18.3 Å². The van der Waals surface area contributed by atoms with Gasteiger partial charge in [-0.15, -0.1) is 0 Å². The van der Waals surface area contributed by atoms with Gasteiger partial charge in [-0.3, -0.25) is 4.79 Å². The van der Waals surface area contributed by atoms with Gasteiger partial charge in [0.25, 0.3) is 5.91 Å². The smallest absolute Gasteiger partial charge is 0.262 e. The Morgan fingerprint density at radius 3 is 2.46 bits per heavy atom. The van der Waals surface area contributed by atoms with Gasteiger partial charge in [0.05, 0.1) is 18.8 Å². The van der Waals surface area contributed by atoms with Crippen molar-refractivity contribution in [3.05, 3.63) is 100 Å². The summed E-state index contributed by atoms with van der Waals surface area (Å²) in [5.74, 6) is 0.595. The van der Waals surface area contributed by atoms with Crippen LogP contribution in [0.2, 0.25) is 0 Å². The van der Waals surface area contributed by atoms with Crippen LogP contribution in [0.25, 0.3) is 22.4 Å². The average Bonchev–Trinajstić information content (AvgIpc) is 2.88. The second-order valence-corrected chi connectivity index (χ2v) is 8.81. The number of amides is 1. The number of methoxy groups -OCH3 is 1. The van der Waals surface area contributed by atoms with Gasteiger partial charge in [-0.25, -0.2) is 0 Å². The summed E-state index contributed by atoms with van der Waals surface area (Å²) in [6, 6.07) is 27.3. The zero-order valence-corrected chi connectivity index (χ0v) is 20.9. The fourth-order valence-electron chi connectivity index (χ4n) is 3.60. The zero-order chi connectivity index (χ0) is 24.8. The summed E-state index contributed by atoms with van der Waals surface area (Å²) < 4.78 is 11.9. The maximum absolute atomic E-state index is 12.3. The molecule has 1 N–H and O–H groups in total. The second-order valence-electron chi connectivity index (χ2n) is 7.96. The quantitative estimate of drug-likeness (QED) is 0.208. The number of nitriles is 1. The Morgan fingerprint density at radius 1 is 1.00 bits per heavy atom.